The van der Waals surface area contributed by atoms with Gasteiger partial charge in [0.05, 0.1) is 5.69 Å². The Labute approximate surface area is 237 Å². The van der Waals surface area contributed by atoms with Crippen molar-refractivity contribution in [3.63, 3.8) is 0 Å². The predicted molar refractivity (Wildman–Crippen MR) is 150 cm³/mol. The maximum atomic E-state index is 13.7. The highest BCUT2D eigenvalue weighted by atomic mass is 35.5. The Morgan fingerprint density at radius 2 is 1.75 bits per heavy atom. The van der Waals surface area contributed by atoms with Gasteiger partial charge in [0.25, 0.3) is 5.56 Å². The van der Waals surface area contributed by atoms with Crippen molar-refractivity contribution in [2.24, 2.45) is 11.8 Å². The molecular formula is C30H35ClF2N2O5. The predicted octanol–water partition coefficient (Wildman–Crippen LogP) is 6.26. The molecule has 7 nitrogen and oxygen atoms in total. The molecule has 1 heterocycles. The van der Waals surface area contributed by atoms with E-state index in [-0.39, 0.29) is 28.9 Å². The molecule has 2 unspecified atom stereocenters. The third-order valence-corrected chi connectivity index (χ3v) is 6.76. The highest BCUT2D eigenvalue weighted by Gasteiger charge is 2.25. The van der Waals surface area contributed by atoms with E-state index in [0.717, 1.165) is 37.0 Å². The number of Topliss-reactive ketones (excluding diaryl/α,β-unsaturated/α-hetero) is 2. The number of aliphatic hydroxyl groups is 1. The molecule has 1 aliphatic rings. The van der Waals surface area contributed by atoms with E-state index in [4.69, 9.17) is 21.4 Å². The lowest BCUT2D eigenvalue weighted by atomic mass is 10.0. The van der Waals surface area contributed by atoms with Gasteiger partial charge in [0.15, 0.2) is 10.8 Å². The number of carbonyl (C=O) groups excluding carboxylic acids is 2. The van der Waals surface area contributed by atoms with E-state index >= 15 is 0 Å². The number of hydrogen-bond donors (Lipinski definition) is 1. The van der Waals surface area contributed by atoms with Crippen molar-refractivity contribution in [3.8, 4) is 11.6 Å². The van der Waals surface area contributed by atoms with Gasteiger partial charge in [-0.3, -0.25) is 19.0 Å². The van der Waals surface area contributed by atoms with Crippen LogP contribution >= 0.6 is 11.6 Å². The lowest BCUT2D eigenvalue weighted by Crippen LogP contribution is -2.21. The van der Waals surface area contributed by atoms with Crippen molar-refractivity contribution >= 4 is 23.2 Å². The summed E-state index contributed by atoms with van der Waals surface area (Å²) in [5, 5.41) is 7.58. The van der Waals surface area contributed by atoms with Crippen LogP contribution in [0.1, 0.15) is 68.4 Å². The van der Waals surface area contributed by atoms with Crippen LogP contribution in [0.25, 0.3) is 5.69 Å². The molecule has 1 aromatic heterocycles. The summed E-state index contributed by atoms with van der Waals surface area (Å²) in [5.74, 6) is -0.0686. The van der Waals surface area contributed by atoms with Crippen LogP contribution in [0.4, 0.5) is 8.78 Å². The van der Waals surface area contributed by atoms with Crippen LogP contribution in [0.5, 0.6) is 5.88 Å². The summed E-state index contributed by atoms with van der Waals surface area (Å²) in [4.78, 5) is 38.9. The SMILES string of the molecule is CC(=O)c1ccc(C)c(-n2cnc(OCc3ccc(F)cc3F)c(Cl)c2=O)c1.CC1CC(=O)CC1C.CCCO. The Morgan fingerprint density at radius 3 is 2.25 bits per heavy atom. The Balaban J connectivity index is 0.000000387. The van der Waals surface area contributed by atoms with Gasteiger partial charge in [0.2, 0.25) is 5.88 Å². The summed E-state index contributed by atoms with van der Waals surface area (Å²) in [7, 11) is 0. The summed E-state index contributed by atoms with van der Waals surface area (Å²) < 4.78 is 33.2. The van der Waals surface area contributed by atoms with Crippen molar-refractivity contribution in [1.29, 1.82) is 0 Å². The van der Waals surface area contributed by atoms with Gasteiger partial charge >= 0.3 is 0 Å². The third-order valence-electron chi connectivity index (χ3n) is 6.43. The molecule has 0 saturated heterocycles. The molecule has 2 aromatic carbocycles. The van der Waals surface area contributed by atoms with E-state index in [0.29, 0.717) is 35.5 Å². The van der Waals surface area contributed by atoms with Gasteiger partial charge in [-0.15, -0.1) is 0 Å². The number of aryl methyl sites for hydroxylation is 1. The zero-order valence-electron chi connectivity index (χ0n) is 23.3. The zero-order chi connectivity index (χ0) is 30.0. The largest absolute Gasteiger partial charge is 0.471 e. The molecule has 3 aromatic rings. The van der Waals surface area contributed by atoms with Crippen molar-refractivity contribution in [1.82, 2.24) is 9.55 Å². The van der Waals surface area contributed by atoms with Crippen molar-refractivity contribution < 1.29 is 28.2 Å². The van der Waals surface area contributed by atoms with Crippen LogP contribution in [0.15, 0.2) is 47.5 Å². The minimum absolute atomic E-state index is 0.0912. The van der Waals surface area contributed by atoms with E-state index in [9.17, 15) is 23.2 Å². The average molecular weight is 577 g/mol. The molecule has 2 atom stereocenters. The number of ketones is 2. The average Bonchev–Trinajstić information content (AvgIpc) is 3.21. The lowest BCUT2D eigenvalue weighted by Gasteiger charge is -2.13. The number of benzene rings is 2. The Morgan fingerprint density at radius 1 is 1.12 bits per heavy atom. The van der Waals surface area contributed by atoms with Crippen LogP contribution in [0.2, 0.25) is 5.02 Å². The second-order valence-electron chi connectivity index (χ2n) is 9.75. The van der Waals surface area contributed by atoms with Crippen LogP contribution in [-0.2, 0) is 11.4 Å². The number of aromatic nitrogens is 2. The smallest absolute Gasteiger partial charge is 0.280 e. The van der Waals surface area contributed by atoms with E-state index in [2.05, 4.69) is 18.8 Å². The van der Waals surface area contributed by atoms with Crippen LogP contribution in [0.3, 0.4) is 0 Å². The van der Waals surface area contributed by atoms with Gasteiger partial charge in [0.1, 0.15) is 30.4 Å². The van der Waals surface area contributed by atoms with Gasteiger partial charge in [-0.25, -0.2) is 13.8 Å². The number of hydrogen-bond acceptors (Lipinski definition) is 6. The van der Waals surface area contributed by atoms with Crippen LogP contribution in [-0.4, -0.2) is 32.8 Å². The first-order chi connectivity index (χ1) is 18.9. The molecule has 0 spiro atoms. The molecule has 40 heavy (non-hydrogen) atoms. The number of nitrogens with zero attached hydrogens (tertiary/aromatic N) is 2. The van der Waals surface area contributed by atoms with E-state index in [1.807, 2.05) is 6.92 Å². The highest BCUT2D eigenvalue weighted by Crippen LogP contribution is 2.27. The zero-order valence-corrected chi connectivity index (χ0v) is 24.1. The molecule has 1 N–H and O–H groups in total. The molecule has 0 aliphatic heterocycles. The minimum atomic E-state index is -0.777. The molecule has 0 amide bonds. The van der Waals surface area contributed by atoms with Gasteiger partial charge in [-0.1, -0.05) is 44.5 Å². The topological polar surface area (TPSA) is 98.5 Å². The summed E-state index contributed by atoms with van der Waals surface area (Å²) in [5.41, 5.74) is 1.13. The first-order valence-electron chi connectivity index (χ1n) is 13.0. The monoisotopic (exact) mass is 576 g/mol. The van der Waals surface area contributed by atoms with E-state index < -0.39 is 17.2 Å². The fourth-order valence-corrected chi connectivity index (χ4v) is 3.96. The molecule has 0 radical (unpaired) electrons. The third kappa shape index (κ3) is 9.06. The van der Waals surface area contributed by atoms with E-state index in [1.165, 1.54) is 23.9 Å². The fraction of sp³-hybridized carbons (Fsp3) is 0.400. The first kappa shape index (κ1) is 32.8. The van der Waals surface area contributed by atoms with Gasteiger partial charge in [0, 0.05) is 36.6 Å². The molecule has 1 fully saturated rings. The summed E-state index contributed by atoms with van der Waals surface area (Å²) >= 11 is 6.09. The molecule has 4 rings (SSSR count). The summed E-state index contributed by atoms with van der Waals surface area (Å²) in [6.07, 6.45) is 3.74. The number of ether oxygens (including phenoxy) is 1. The van der Waals surface area contributed by atoms with E-state index in [1.54, 1.807) is 25.1 Å². The minimum Gasteiger partial charge on any atom is -0.471 e. The number of aliphatic hydroxyl groups excluding tert-OH is 1. The molecule has 10 heteroatoms. The quantitative estimate of drug-likeness (QED) is 0.348. The van der Waals surface area contributed by atoms with Gasteiger partial charge in [-0.05, 0) is 55.9 Å². The molecule has 1 aliphatic carbocycles. The highest BCUT2D eigenvalue weighted by molar-refractivity contribution is 6.31. The second kappa shape index (κ2) is 15.4. The van der Waals surface area contributed by atoms with Crippen LogP contribution in [0, 0.1) is 30.4 Å². The van der Waals surface area contributed by atoms with Gasteiger partial charge < -0.3 is 9.84 Å². The fourth-order valence-electron chi connectivity index (χ4n) is 3.77. The summed E-state index contributed by atoms with van der Waals surface area (Å²) in [6.45, 7) is 9.47. The summed E-state index contributed by atoms with van der Waals surface area (Å²) in [6, 6.07) is 8.02. The Bertz CT molecular complexity index is 1380. The molecule has 1 saturated carbocycles. The normalized spacial score (nSPS) is 16.0. The Hall–Kier alpha value is -3.43. The number of carbonyl (C=O) groups is 2. The maximum absolute atomic E-state index is 13.7. The molecular weight excluding hydrogens is 542 g/mol. The first-order valence-corrected chi connectivity index (χ1v) is 13.4. The molecule has 216 valence electrons. The van der Waals surface area contributed by atoms with Crippen LogP contribution < -0.4 is 10.3 Å². The second-order valence-corrected chi connectivity index (χ2v) is 10.1. The Kier molecular flexibility index (Phi) is 12.6. The standard InChI is InChI=1S/C20H15ClF2N2O3.C7H12O.C3H8O/c1-11-3-4-13(12(2)26)7-17(11)25-10-24-19(18(21)20(25)27)28-9-14-5-6-15(22)8-16(14)23;1-5-3-7(8)4-6(5)2;1-2-3-4/h3-8,10H,9H2,1-2H3;5-6H,3-4H2,1-2H3;4H,2-3H2,1H3. The number of rotatable bonds is 6. The van der Waals surface area contributed by atoms with Gasteiger partial charge in [-0.2, -0.15) is 0 Å². The number of halogens is 3. The van der Waals surface area contributed by atoms with Crippen molar-refractivity contribution in [2.75, 3.05) is 6.61 Å². The van der Waals surface area contributed by atoms with Crippen molar-refractivity contribution in [2.45, 2.75) is 60.5 Å². The van der Waals surface area contributed by atoms with Crippen molar-refractivity contribution in [3.05, 3.63) is 86.4 Å². The molecule has 0 bridgehead atoms. The maximum Gasteiger partial charge on any atom is 0.280 e. The lowest BCUT2D eigenvalue weighted by molar-refractivity contribution is -0.117.